The smallest absolute Gasteiger partial charge is 0.289 e. The molecule has 0 aliphatic carbocycles. The molecule has 1 aliphatic rings. The lowest BCUT2D eigenvalue weighted by Gasteiger charge is -2.34. The molecule has 3 heterocycles. The molecule has 1 saturated heterocycles. The van der Waals surface area contributed by atoms with Crippen LogP contribution in [0.4, 0.5) is 5.95 Å². The first-order valence-corrected chi connectivity index (χ1v) is 8.80. The number of anilines is 1. The standard InChI is InChI=1S/C18H23N5O3/c1-3-6-19-18-20-13(2)12-14(21-18)16(24)22-7-9-23(10-8-22)17(25)15-5-4-11-26-15/h4-5,11-12H,3,6-10H2,1-2H3,(H,19,20,21). The predicted octanol–water partition coefficient (Wildman–Crippen LogP) is 1.80. The maximum Gasteiger partial charge on any atom is 0.289 e. The average molecular weight is 357 g/mol. The third kappa shape index (κ3) is 4.01. The fraction of sp³-hybridized carbons (Fsp3) is 0.444. The number of carbonyl (C=O) groups is 2. The molecular weight excluding hydrogens is 334 g/mol. The van der Waals surface area contributed by atoms with Crippen molar-refractivity contribution in [3.05, 3.63) is 41.6 Å². The van der Waals surface area contributed by atoms with E-state index >= 15 is 0 Å². The molecule has 138 valence electrons. The van der Waals surface area contributed by atoms with Gasteiger partial charge in [-0.1, -0.05) is 6.92 Å². The largest absolute Gasteiger partial charge is 0.459 e. The molecule has 26 heavy (non-hydrogen) atoms. The number of piperazine rings is 1. The molecule has 0 saturated carbocycles. The fourth-order valence-corrected chi connectivity index (χ4v) is 2.82. The van der Waals surface area contributed by atoms with E-state index in [2.05, 4.69) is 22.2 Å². The number of carbonyl (C=O) groups excluding carboxylic acids is 2. The second kappa shape index (κ2) is 7.99. The molecule has 8 nitrogen and oxygen atoms in total. The summed E-state index contributed by atoms with van der Waals surface area (Å²) in [5.74, 6) is 0.510. The monoisotopic (exact) mass is 357 g/mol. The zero-order valence-corrected chi connectivity index (χ0v) is 15.1. The van der Waals surface area contributed by atoms with Crippen LogP contribution in [0.15, 0.2) is 28.9 Å². The Kier molecular flexibility index (Phi) is 5.50. The summed E-state index contributed by atoms with van der Waals surface area (Å²) in [5, 5.41) is 3.11. The van der Waals surface area contributed by atoms with E-state index in [1.165, 1.54) is 6.26 Å². The van der Waals surface area contributed by atoms with Gasteiger partial charge in [0.2, 0.25) is 5.95 Å². The number of aryl methyl sites for hydroxylation is 1. The van der Waals surface area contributed by atoms with Gasteiger partial charge in [0.15, 0.2) is 5.76 Å². The Balaban J connectivity index is 1.63. The van der Waals surface area contributed by atoms with Gasteiger partial charge >= 0.3 is 0 Å². The number of aromatic nitrogens is 2. The number of nitrogens with zero attached hydrogens (tertiary/aromatic N) is 4. The third-order valence-corrected chi connectivity index (χ3v) is 4.19. The SMILES string of the molecule is CCCNc1nc(C)cc(C(=O)N2CCN(C(=O)c3ccco3)CC2)n1. The van der Waals surface area contributed by atoms with Crippen molar-refractivity contribution < 1.29 is 14.0 Å². The van der Waals surface area contributed by atoms with E-state index < -0.39 is 0 Å². The highest BCUT2D eigenvalue weighted by Crippen LogP contribution is 2.13. The molecule has 2 amide bonds. The first-order chi connectivity index (χ1) is 12.6. The predicted molar refractivity (Wildman–Crippen MR) is 96.1 cm³/mol. The van der Waals surface area contributed by atoms with E-state index in [9.17, 15) is 9.59 Å². The first-order valence-electron chi connectivity index (χ1n) is 8.80. The van der Waals surface area contributed by atoms with Crippen LogP contribution in [0.25, 0.3) is 0 Å². The Morgan fingerprint density at radius 2 is 1.85 bits per heavy atom. The van der Waals surface area contributed by atoms with Crippen molar-refractivity contribution in [1.82, 2.24) is 19.8 Å². The molecule has 2 aromatic heterocycles. The van der Waals surface area contributed by atoms with E-state index in [1.807, 2.05) is 6.92 Å². The van der Waals surface area contributed by atoms with Crippen LogP contribution >= 0.6 is 0 Å². The average Bonchev–Trinajstić information content (AvgIpc) is 3.19. The van der Waals surface area contributed by atoms with Crippen LogP contribution in [0.5, 0.6) is 0 Å². The summed E-state index contributed by atoms with van der Waals surface area (Å²) in [5.41, 5.74) is 1.12. The second-order valence-electron chi connectivity index (χ2n) is 6.21. The van der Waals surface area contributed by atoms with Gasteiger partial charge in [-0.25, -0.2) is 9.97 Å². The molecule has 8 heteroatoms. The Labute approximate surface area is 152 Å². The molecule has 1 fully saturated rings. The van der Waals surface area contributed by atoms with E-state index in [1.54, 1.807) is 28.0 Å². The molecule has 1 N–H and O–H groups in total. The van der Waals surface area contributed by atoms with Gasteiger partial charge in [-0.05, 0) is 31.5 Å². The van der Waals surface area contributed by atoms with E-state index in [4.69, 9.17) is 4.42 Å². The maximum atomic E-state index is 12.8. The Morgan fingerprint density at radius 3 is 2.46 bits per heavy atom. The van der Waals surface area contributed by atoms with Gasteiger partial charge in [-0.3, -0.25) is 9.59 Å². The highest BCUT2D eigenvalue weighted by Gasteiger charge is 2.27. The first kappa shape index (κ1) is 17.9. The minimum absolute atomic E-state index is 0.139. The zero-order valence-electron chi connectivity index (χ0n) is 15.1. The van der Waals surface area contributed by atoms with Crippen molar-refractivity contribution in [2.45, 2.75) is 20.3 Å². The second-order valence-corrected chi connectivity index (χ2v) is 6.21. The van der Waals surface area contributed by atoms with Crippen LogP contribution in [-0.2, 0) is 0 Å². The van der Waals surface area contributed by atoms with E-state index in [-0.39, 0.29) is 11.8 Å². The number of rotatable bonds is 5. The molecule has 3 rings (SSSR count). The van der Waals surface area contributed by atoms with Gasteiger partial charge < -0.3 is 19.5 Å². The van der Waals surface area contributed by atoms with E-state index in [0.29, 0.717) is 43.6 Å². The van der Waals surface area contributed by atoms with Gasteiger partial charge in [0.1, 0.15) is 5.69 Å². The van der Waals surface area contributed by atoms with Crippen molar-refractivity contribution >= 4 is 17.8 Å². The Morgan fingerprint density at radius 1 is 1.15 bits per heavy atom. The van der Waals surface area contributed by atoms with Crippen LogP contribution in [-0.4, -0.2) is 64.3 Å². The summed E-state index contributed by atoms with van der Waals surface area (Å²) < 4.78 is 5.16. The van der Waals surface area contributed by atoms with Crippen LogP contribution in [0.1, 0.15) is 40.1 Å². The summed E-state index contributed by atoms with van der Waals surface area (Å²) >= 11 is 0. The van der Waals surface area contributed by atoms with Gasteiger partial charge in [0.25, 0.3) is 11.8 Å². The lowest BCUT2D eigenvalue weighted by atomic mass is 10.2. The normalized spacial score (nSPS) is 14.4. The summed E-state index contributed by atoms with van der Waals surface area (Å²) in [7, 11) is 0. The topological polar surface area (TPSA) is 91.6 Å². The van der Waals surface area contributed by atoms with Gasteiger partial charge in [0.05, 0.1) is 6.26 Å². The number of hydrogen-bond acceptors (Lipinski definition) is 6. The van der Waals surface area contributed by atoms with Crippen molar-refractivity contribution in [2.75, 3.05) is 38.0 Å². The molecule has 0 spiro atoms. The van der Waals surface area contributed by atoms with Gasteiger partial charge in [-0.15, -0.1) is 0 Å². The van der Waals surface area contributed by atoms with Gasteiger partial charge in [0, 0.05) is 38.4 Å². The molecule has 1 aliphatic heterocycles. The molecule has 2 aromatic rings. The molecule has 0 unspecified atom stereocenters. The number of furan rings is 1. The minimum atomic E-state index is -0.147. The number of nitrogens with one attached hydrogen (secondary N) is 1. The molecule has 0 radical (unpaired) electrons. The van der Waals surface area contributed by atoms with Gasteiger partial charge in [-0.2, -0.15) is 0 Å². The Bertz CT molecular complexity index is 767. The van der Waals surface area contributed by atoms with E-state index in [0.717, 1.165) is 18.7 Å². The summed E-state index contributed by atoms with van der Waals surface area (Å²) in [6.07, 6.45) is 2.43. The fourth-order valence-electron chi connectivity index (χ4n) is 2.82. The lowest BCUT2D eigenvalue weighted by molar-refractivity contribution is 0.0515. The summed E-state index contributed by atoms with van der Waals surface area (Å²) in [6, 6.07) is 5.03. The van der Waals surface area contributed by atoms with Crippen LogP contribution < -0.4 is 5.32 Å². The van der Waals surface area contributed by atoms with Crippen molar-refractivity contribution in [1.29, 1.82) is 0 Å². The summed E-state index contributed by atoms with van der Waals surface area (Å²) in [4.78, 5) is 37.1. The van der Waals surface area contributed by atoms with Crippen molar-refractivity contribution in [3.8, 4) is 0 Å². The summed E-state index contributed by atoms with van der Waals surface area (Å²) in [6.45, 7) is 6.52. The molecular formula is C18H23N5O3. The molecule has 0 aromatic carbocycles. The highest BCUT2D eigenvalue weighted by molar-refractivity contribution is 5.94. The molecule has 0 atom stereocenters. The van der Waals surface area contributed by atoms with Crippen molar-refractivity contribution in [2.24, 2.45) is 0 Å². The van der Waals surface area contributed by atoms with Crippen LogP contribution in [0.2, 0.25) is 0 Å². The van der Waals surface area contributed by atoms with Crippen LogP contribution in [0, 0.1) is 6.92 Å². The zero-order chi connectivity index (χ0) is 18.5. The quantitative estimate of drug-likeness (QED) is 0.877. The number of amides is 2. The number of hydrogen-bond donors (Lipinski definition) is 1. The third-order valence-electron chi connectivity index (χ3n) is 4.19. The maximum absolute atomic E-state index is 12.8. The van der Waals surface area contributed by atoms with Crippen LogP contribution in [0.3, 0.4) is 0 Å². The molecule has 0 bridgehead atoms. The highest BCUT2D eigenvalue weighted by atomic mass is 16.3. The van der Waals surface area contributed by atoms with Crippen molar-refractivity contribution in [3.63, 3.8) is 0 Å². The lowest BCUT2D eigenvalue weighted by Crippen LogP contribution is -2.50. The minimum Gasteiger partial charge on any atom is -0.459 e. The Hall–Kier alpha value is -2.90.